The van der Waals surface area contributed by atoms with Crippen molar-refractivity contribution in [3.8, 4) is 0 Å². The lowest BCUT2D eigenvalue weighted by atomic mass is 10.1. The molecule has 56 heavy (non-hydrogen) atoms. The highest BCUT2D eigenvalue weighted by Gasteiger charge is 2.27. The van der Waals surface area contributed by atoms with Crippen LogP contribution in [0.4, 0.5) is 0 Å². The van der Waals surface area contributed by atoms with Gasteiger partial charge in [0.15, 0.2) is 6.10 Å². The summed E-state index contributed by atoms with van der Waals surface area (Å²) in [6, 6.07) is 0. The van der Waals surface area contributed by atoms with E-state index in [-0.39, 0.29) is 32.0 Å². The van der Waals surface area contributed by atoms with E-state index in [9.17, 15) is 19.0 Å². The molecule has 0 rings (SSSR count). The number of likely N-dealkylation sites (N-methyl/N-ethyl adjacent to an activating group) is 1. The highest BCUT2D eigenvalue weighted by molar-refractivity contribution is 7.47. The molecule has 9 nitrogen and oxygen atoms in total. The third-order valence-corrected chi connectivity index (χ3v) is 10.6. The van der Waals surface area contributed by atoms with Crippen molar-refractivity contribution < 1.29 is 42.1 Å². The van der Waals surface area contributed by atoms with E-state index >= 15 is 0 Å². The Hall–Kier alpha value is -1.77. The molecule has 0 fully saturated rings. The largest absolute Gasteiger partial charge is 0.472 e. The van der Waals surface area contributed by atoms with Gasteiger partial charge in [0.2, 0.25) is 0 Å². The lowest BCUT2D eigenvalue weighted by Crippen LogP contribution is -2.37. The van der Waals surface area contributed by atoms with Crippen LogP contribution in [0.5, 0.6) is 0 Å². The quantitative estimate of drug-likeness (QED) is 0.0214. The topological polar surface area (TPSA) is 108 Å². The number of phosphoric acid groups is 1. The maximum atomic E-state index is 12.7. The third kappa shape index (κ3) is 41.9. The molecule has 10 heteroatoms. The van der Waals surface area contributed by atoms with Crippen molar-refractivity contribution in [3.63, 3.8) is 0 Å². The molecule has 0 aromatic rings. The second-order valence-electron chi connectivity index (χ2n) is 16.4. The van der Waals surface area contributed by atoms with Gasteiger partial charge in [-0.3, -0.25) is 18.6 Å². The first-order valence-electron chi connectivity index (χ1n) is 22.7. The molecule has 0 radical (unpaired) electrons. The fourth-order valence-corrected chi connectivity index (χ4v) is 6.78. The van der Waals surface area contributed by atoms with Crippen molar-refractivity contribution in [1.82, 2.24) is 0 Å². The van der Waals surface area contributed by atoms with Crippen LogP contribution in [0.3, 0.4) is 0 Å². The second kappa shape index (κ2) is 38.7. The van der Waals surface area contributed by atoms with Gasteiger partial charge in [-0.15, -0.1) is 0 Å². The standard InChI is InChI=1S/C46H86NO8P/c1-6-8-10-12-14-16-18-20-22-23-25-27-29-31-33-35-37-39-46(49)55-44(43-54-56(50,51)53-41-40-47(3,4)5)42-52-45(48)38-36-34-32-30-28-26-24-21-19-17-15-13-11-9-7-2/h13,15,25,27,31,33,44H,6-12,14,16-24,26,28-30,32,34-43H2,1-5H3/p+1/b15-13+,27-25+,33-31+/t44-/m1/s1. The molecule has 328 valence electrons. The van der Waals surface area contributed by atoms with E-state index in [1.54, 1.807) is 0 Å². The Balaban J connectivity index is 4.40. The number of nitrogens with zero attached hydrogens (tertiary/aromatic N) is 1. The number of hydrogen-bond acceptors (Lipinski definition) is 7. The Kier molecular flexibility index (Phi) is 37.5. The molecule has 0 bridgehead atoms. The molecule has 0 spiro atoms. The van der Waals surface area contributed by atoms with Gasteiger partial charge in [-0.1, -0.05) is 159 Å². The summed E-state index contributed by atoms with van der Waals surface area (Å²) in [4.78, 5) is 35.4. The number of allylic oxidation sites excluding steroid dienone is 6. The van der Waals surface area contributed by atoms with Gasteiger partial charge < -0.3 is 18.9 Å². The molecule has 1 N–H and O–H groups in total. The van der Waals surface area contributed by atoms with E-state index in [1.807, 2.05) is 21.1 Å². The Morgan fingerprint density at radius 1 is 0.554 bits per heavy atom. The average Bonchev–Trinajstić information content (AvgIpc) is 3.15. The van der Waals surface area contributed by atoms with Crippen LogP contribution < -0.4 is 0 Å². The van der Waals surface area contributed by atoms with Crippen molar-refractivity contribution in [2.24, 2.45) is 0 Å². The minimum absolute atomic E-state index is 0.0242. The van der Waals surface area contributed by atoms with Gasteiger partial charge in [0, 0.05) is 12.8 Å². The van der Waals surface area contributed by atoms with Gasteiger partial charge in [-0.25, -0.2) is 4.57 Å². The number of ether oxygens (including phenoxy) is 2. The molecule has 0 aromatic heterocycles. The molecular weight excluding hydrogens is 725 g/mol. The van der Waals surface area contributed by atoms with Crippen LogP contribution in [0.1, 0.15) is 194 Å². The predicted octanol–water partition coefficient (Wildman–Crippen LogP) is 12.9. The number of quaternary nitrogens is 1. The van der Waals surface area contributed by atoms with Crippen LogP contribution in [0.2, 0.25) is 0 Å². The number of carbonyl (C=O) groups is 2. The summed E-state index contributed by atoms with van der Waals surface area (Å²) in [5, 5.41) is 0. The molecule has 0 saturated heterocycles. The number of unbranched alkanes of at least 4 members (excludes halogenated alkanes) is 21. The third-order valence-electron chi connectivity index (χ3n) is 9.64. The van der Waals surface area contributed by atoms with Crippen molar-refractivity contribution >= 4 is 19.8 Å². The Morgan fingerprint density at radius 3 is 1.54 bits per heavy atom. The summed E-state index contributed by atoms with van der Waals surface area (Å²) in [6.45, 7) is 4.35. The van der Waals surface area contributed by atoms with Crippen molar-refractivity contribution in [2.45, 2.75) is 200 Å². The molecule has 2 atom stereocenters. The van der Waals surface area contributed by atoms with E-state index < -0.39 is 26.5 Å². The van der Waals surface area contributed by atoms with Gasteiger partial charge in [0.1, 0.15) is 19.8 Å². The van der Waals surface area contributed by atoms with Crippen molar-refractivity contribution in [2.75, 3.05) is 47.5 Å². The zero-order valence-electron chi connectivity index (χ0n) is 36.9. The van der Waals surface area contributed by atoms with Gasteiger partial charge in [0.05, 0.1) is 27.7 Å². The van der Waals surface area contributed by atoms with Crippen LogP contribution in [0.25, 0.3) is 0 Å². The maximum Gasteiger partial charge on any atom is 0.472 e. The number of phosphoric ester groups is 1. The number of hydrogen-bond donors (Lipinski definition) is 1. The predicted molar refractivity (Wildman–Crippen MR) is 234 cm³/mol. The van der Waals surface area contributed by atoms with E-state index in [2.05, 4.69) is 50.3 Å². The number of rotatable bonds is 41. The Labute approximate surface area is 344 Å². The van der Waals surface area contributed by atoms with Gasteiger partial charge in [-0.2, -0.15) is 0 Å². The molecule has 0 aliphatic carbocycles. The summed E-state index contributed by atoms with van der Waals surface area (Å²) < 4.78 is 34.3. The number of esters is 2. The van der Waals surface area contributed by atoms with Crippen LogP contribution in [-0.2, 0) is 32.7 Å². The highest BCUT2D eigenvalue weighted by atomic mass is 31.2. The minimum Gasteiger partial charge on any atom is -0.462 e. The smallest absolute Gasteiger partial charge is 0.462 e. The maximum absolute atomic E-state index is 12.7. The molecule has 0 heterocycles. The zero-order valence-corrected chi connectivity index (χ0v) is 37.8. The van der Waals surface area contributed by atoms with E-state index in [0.717, 1.165) is 38.5 Å². The summed E-state index contributed by atoms with van der Waals surface area (Å²) >= 11 is 0. The first-order chi connectivity index (χ1) is 27.0. The lowest BCUT2D eigenvalue weighted by molar-refractivity contribution is -0.870. The molecular formula is C46H87NO8P+. The average molecular weight is 813 g/mol. The molecule has 0 aromatic carbocycles. The first-order valence-corrected chi connectivity index (χ1v) is 24.2. The van der Waals surface area contributed by atoms with E-state index in [1.165, 1.54) is 122 Å². The summed E-state index contributed by atoms with van der Waals surface area (Å²) in [6.07, 6.45) is 43.4. The Morgan fingerprint density at radius 2 is 1.00 bits per heavy atom. The molecule has 0 amide bonds. The Bertz CT molecular complexity index is 1050. The summed E-state index contributed by atoms with van der Waals surface area (Å²) in [5.74, 6) is -0.851. The summed E-state index contributed by atoms with van der Waals surface area (Å²) in [5.41, 5.74) is 0. The number of carbonyl (C=O) groups excluding carboxylic acids is 2. The summed E-state index contributed by atoms with van der Waals surface area (Å²) in [7, 11) is 1.45. The van der Waals surface area contributed by atoms with Crippen molar-refractivity contribution in [1.29, 1.82) is 0 Å². The monoisotopic (exact) mass is 813 g/mol. The SMILES string of the molecule is CCCC/C=C/CCCCCCCCCCCC(=O)OC[C@H](COP(=O)(O)OCC[N+](C)(C)C)OC(=O)CCC/C=C/C/C=C/CCCCCCCCCCC. The van der Waals surface area contributed by atoms with Crippen LogP contribution in [-0.4, -0.2) is 74.9 Å². The first kappa shape index (κ1) is 54.2. The molecule has 0 aliphatic rings. The second-order valence-corrected chi connectivity index (χ2v) is 17.9. The molecule has 1 unspecified atom stereocenters. The lowest BCUT2D eigenvalue weighted by Gasteiger charge is -2.24. The molecule has 0 saturated carbocycles. The van der Waals surface area contributed by atoms with Gasteiger partial charge in [0.25, 0.3) is 0 Å². The zero-order chi connectivity index (χ0) is 41.4. The van der Waals surface area contributed by atoms with Crippen LogP contribution in [0.15, 0.2) is 36.5 Å². The fourth-order valence-electron chi connectivity index (χ4n) is 6.03. The van der Waals surface area contributed by atoms with Gasteiger partial charge in [-0.05, 0) is 57.8 Å². The minimum atomic E-state index is -4.38. The van der Waals surface area contributed by atoms with Crippen LogP contribution in [0, 0.1) is 0 Å². The molecule has 0 aliphatic heterocycles. The van der Waals surface area contributed by atoms with Crippen molar-refractivity contribution in [3.05, 3.63) is 36.5 Å². The van der Waals surface area contributed by atoms with Crippen LogP contribution >= 0.6 is 7.82 Å². The highest BCUT2D eigenvalue weighted by Crippen LogP contribution is 2.43. The fraction of sp³-hybridized carbons (Fsp3) is 0.826. The van der Waals surface area contributed by atoms with E-state index in [4.69, 9.17) is 18.5 Å². The van der Waals surface area contributed by atoms with E-state index in [0.29, 0.717) is 17.4 Å². The van der Waals surface area contributed by atoms with Gasteiger partial charge >= 0.3 is 19.8 Å². The normalized spacial score (nSPS) is 13.9.